The molecule has 0 bridgehead atoms. The van der Waals surface area contributed by atoms with Crippen molar-refractivity contribution in [2.45, 2.75) is 13.3 Å². The fraction of sp³-hybridized carbons (Fsp3) is 0.154. The van der Waals surface area contributed by atoms with Crippen molar-refractivity contribution >= 4 is 57.1 Å². The normalized spacial score (nSPS) is 10.4. The second kappa shape index (κ2) is 6.04. The lowest BCUT2D eigenvalue weighted by molar-refractivity contribution is 0.103. The van der Waals surface area contributed by atoms with E-state index in [4.69, 9.17) is 11.6 Å². The summed E-state index contributed by atoms with van der Waals surface area (Å²) in [6.45, 7) is 2.04. The molecule has 2 aromatic rings. The van der Waals surface area contributed by atoms with Gasteiger partial charge in [0.05, 0.1) is 15.6 Å². The third kappa shape index (κ3) is 3.05. The molecular weight excluding hydrogens is 381 g/mol. The number of benzene rings is 1. The molecule has 0 aliphatic rings. The van der Waals surface area contributed by atoms with E-state index >= 15 is 0 Å². The van der Waals surface area contributed by atoms with Gasteiger partial charge in [0, 0.05) is 3.57 Å². The Morgan fingerprint density at radius 3 is 2.94 bits per heavy atom. The van der Waals surface area contributed by atoms with Crippen LogP contribution >= 0.6 is 45.5 Å². The molecule has 0 saturated carbocycles. The molecule has 0 spiro atoms. The maximum absolute atomic E-state index is 12.2. The minimum atomic E-state index is -0.0919. The average Bonchev–Trinajstić information content (AvgIpc) is 2.82. The van der Waals surface area contributed by atoms with E-state index in [1.54, 1.807) is 6.07 Å². The van der Waals surface area contributed by atoms with Gasteiger partial charge in [0.1, 0.15) is 0 Å². The minimum Gasteiger partial charge on any atom is -0.320 e. The van der Waals surface area contributed by atoms with Crippen LogP contribution in [0.3, 0.4) is 0 Å². The van der Waals surface area contributed by atoms with Crippen LogP contribution < -0.4 is 5.32 Å². The van der Waals surface area contributed by atoms with Crippen LogP contribution in [-0.2, 0) is 6.42 Å². The van der Waals surface area contributed by atoms with Crippen molar-refractivity contribution < 1.29 is 4.79 Å². The monoisotopic (exact) mass is 391 g/mol. The maximum atomic E-state index is 12.2. The Morgan fingerprint density at radius 2 is 2.22 bits per heavy atom. The van der Waals surface area contributed by atoms with E-state index in [9.17, 15) is 4.79 Å². The highest BCUT2D eigenvalue weighted by Gasteiger charge is 2.13. The third-order valence-electron chi connectivity index (χ3n) is 2.51. The first-order valence-electron chi connectivity index (χ1n) is 5.44. The van der Waals surface area contributed by atoms with Crippen LogP contribution in [0.15, 0.2) is 29.6 Å². The van der Waals surface area contributed by atoms with Crippen LogP contribution in [0, 0.1) is 3.57 Å². The number of carbonyl (C=O) groups excluding carboxylic acids is 1. The first-order chi connectivity index (χ1) is 8.61. The molecule has 2 rings (SSSR count). The van der Waals surface area contributed by atoms with Crippen molar-refractivity contribution in [3.63, 3.8) is 0 Å². The molecule has 1 heterocycles. The summed E-state index contributed by atoms with van der Waals surface area (Å²) >= 11 is 9.70. The number of amides is 1. The highest BCUT2D eigenvalue weighted by atomic mass is 127. The second-order valence-corrected chi connectivity index (χ2v) is 6.28. The third-order valence-corrected chi connectivity index (χ3v) is 4.47. The van der Waals surface area contributed by atoms with Crippen LogP contribution in [0.25, 0.3) is 0 Å². The number of hydrogen-bond acceptors (Lipinski definition) is 2. The van der Waals surface area contributed by atoms with Crippen LogP contribution in [0.1, 0.15) is 22.2 Å². The fourth-order valence-corrected chi connectivity index (χ4v) is 3.13. The summed E-state index contributed by atoms with van der Waals surface area (Å²) in [5.74, 6) is -0.0919. The SMILES string of the molecule is CCc1ccsc1C(=O)Nc1cc(I)ccc1Cl. The Kier molecular flexibility index (Phi) is 4.64. The molecule has 0 radical (unpaired) electrons. The number of nitrogens with one attached hydrogen (secondary N) is 1. The average molecular weight is 392 g/mol. The van der Waals surface area contributed by atoms with Crippen molar-refractivity contribution in [1.29, 1.82) is 0 Å². The molecule has 1 amide bonds. The molecule has 1 aromatic heterocycles. The lowest BCUT2D eigenvalue weighted by atomic mass is 10.2. The van der Waals surface area contributed by atoms with Gasteiger partial charge in [-0.15, -0.1) is 11.3 Å². The zero-order chi connectivity index (χ0) is 13.1. The van der Waals surface area contributed by atoms with Crippen molar-refractivity contribution in [1.82, 2.24) is 0 Å². The minimum absolute atomic E-state index is 0.0919. The smallest absolute Gasteiger partial charge is 0.266 e. The predicted molar refractivity (Wildman–Crippen MR) is 85.8 cm³/mol. The summed E-state index contributed by atoms with van der Waals surface area (Å²) in [5.41, 5.74) is 1.73. The molecule has 2 nitrogen and oxygen atoms in total. The van der Waals surface area contributed by atoms with E-state index < -0.39 is 0 Å². The first-order valence-corrected chi connectivity index (χ1v) is 7.78. The molecule has 0 saturated heterocycles. The molecular formula is C13H11ClINOS. The van der Waals surface area contributed by atoms with Gasteiger partial charge in [0.25, 0.3) is 5.91 Å². The Morgan fingerprint density at radius 1 is 1.44 bits per heavy atom. The predicted octanol–water partition coefficient (Wildman–Crippen LogP) is 4.82. The van der Waals surface area contributed by atoms with Crippen LogP contribution in [0.5, 0.6) is 0 Å². The number of rotatable bonds is 3. The number of halogens is 2. The van der Waals surface area contributed by atoms with Crippen molar-refractivity contribution in [3.8, 4) is 0 Å². The zero-order valence-corrected chi connectivity index (χ0v) is 13.4. The summed E-state index contributed by atoms with van der Waals surface area (Å²) in [6.07, 6.45) is 0.853. The molecule has 0 aliphatic heterocycles. The number of anilines is 1. The summed E-state index contributed by atoms with van der Waals surface area (Å²) in [4.78, 5) is 12.9. The molecule has 1 N–H and O–H groups in total. The molecule has 1 aromatic carbocycles. The highest BCUT2D eigenvalue weighted by molar-refractivity contribution is 14.1. The van der Waals surface area contributed by atoms with Crippen LogP contribution in [0.2, 0.25) is 5.02 Å². The largest absolute Gasteiger partial charge is 0.320 e. The van der Waals surface area contributed by atoms with Gasteiger partial charge in [0.2, 0.25) is 0 Å². The number of carbonyl (C=O) groups is 1. The quantitative estimate of drug-likeness (QED) is 0.747. The van der Waals surface area contributed by atoms with Gasteiger partial charge in [-0.2, -0.15) is 0 Å². The van der Waals surface area contributed by atoms with E-state index in [-0.39, 0.29) is 5.91 Å². The van der Waals surface area contributed by atoms with E-state index in [1.165, 1.54) is 11.3 Å². The molecule has 5 heteroatoms. The van der Waals surface area contributed by atoms with Gasteiger partial charge < -0.3 is 5.32 Å². The van der Waals surface area contributed by atoms with Gasteiger partial charge in [-0.1, -0.05) is 18.5 Å². The molecule has 0 aliphatic carbocycles. The fourth-order valence-electron chi connectivity index (χ4n) is 1.59. The molecule has 0 atom stereocenters. The van der Waals surface area contributed by atoms with Gasteiger partial charge in [0.15, 0.2) is 0 Å². The first kappa shape index (κ1) is 13.8. The van der Waals surface area contributed by atoms with E-state index in [0.29, 0.717) is 10.7 Å². The van der Waals surface area contributed by atoms with Gasteiger partial charge >= 0.3 is 0 Å². The van der Waals surface area contributed by atoms with Crippen LogP contribution in [0.4, 0.5) is 5.69 Å². The Bertz CT molecular complexity index is 582. The number of thiophene rings is 1. The number of hydrogen-bond donors (Lipinski definition) is 1. The van der Waals surface area contributed by atoms with Gasteiger partial charge in [-0.3, -0.25) is 4.79 Å². The van der Waals surface area contributed by atoms with E-state index in [0.717, 1.165) is 20.4 Å². The van der Waals surface area contributed by atoms with E-state index in [1.807, 2.05) is 30.5 Å². The Hall–Kier alpha value is -0.590. The van der Waals surface area contributed by atoms with E-state index in [2.05, 4.69) is 27.9 Å². The summed E-state index contributed by atoms with van der Waals surface area (Å²) in [6, 6.07) is 7.53. The molecule has 94 valence electrons. The maximum Gasteiger partial charge on any atom is 0.266 e. The highest BCUT2D eigenvalue weighted by Crippen LogP contribution is 2.26. The molecule has 18 heavy (non-hydrogen) atoms. The van der Waals surface area contributed by atoms with Crippen molar-refractivity contribution in [2.24, 2.45) is 0 Å². The van der Waals surface area contributed by atoms with Crippen molar-refractivity contribution in [2.75, 3.05) is 5.32 Å². The van der Waals surface area contributed by atoms with Crippen molar-refractivity contribution in [3.05, 3.63) is 48.7 Å². The van der Waals surface area contributed by atoms with Gasteiger partial charge in [-0.25, -0.2) is 0 Å². The topological polar surface area (TPSA) is 29.1 Å². The molecule has 0 unspecified atom stereocenters. The summed E-state index contributed by atoms with van der Waals surface area (Å²) in [7, 11) is 0. The number of aryl methyl sites for hydroxylation is 1. The lowest BCUT2D eigenvalue weighted by Crippen LogP contribution is -2.12. The molecule has 0 fully saturated rings. The standard InChI is InChI=1S/C13H11ClINOS/c1-2-8-5-6-18-12(8)13(17)16-11-7-9(15)3-4-10(11)14/h3-7H,2H2,1H3,(H,16,17). The summed E-state index contributed by atoms with van der Waals surface area (Å²) in [5, 5.41) is 5.35. The summed E-state index contributed by atoms with van der Waals surface area (Å²) < 4.78 is 1.04. The van der Waals surface area contributed by atoms with Gasteiger partial charge in [-0.05, 0) is 64.2 Å². The Labute approximate surface area is 129 Å². The lowest BCUT2D eigenvalue weighted by Gasteiger charge is -2.07. The van der Waals surface area contributed by atoms with Crippen LogP contribution in [-0.4, -0.2) is 5.91 Å². The Balaban J connectivity index is 2.24. The second-order valence-electron chi connectivity index (χ2n) is 3.71. The zero-order valence-electron chi connectivity index (χ0n) is 9.67.